The monoisotopic (exact) mass is 366 g/mol. The zero-order valence-electron chi connectivity index (χ0n) is 15.4. The Labute approximate surface area is 157 Å². The van der Waals surface area contributed by atoms with E-state index >= 15 is 0 Å². The molecule has 27 heavy (non-hydrogen) atoms. The van der Waals surface area contributed by atoms with Gasteiger partial charge in [0.25, 0.3) is 11.5 Å². The molecule has 0 saturated carbocycles. The number of ether oxygens (including phenoxy) is 1. The highest BCUT2D eigenvalue weighted by Crippen LogP contribution is 2.21. The lowest BCUT2D eigenvalue weighted by Gasteiger charge is -2.34. The molecule has 140 valence electrons. The number of benzene rings is 1. The predicted octanol–water partition coefficient (Wildman–Crippen LogP) is 2.28. The number of aryl methyl sites for hydroxylation is 1. The number of nitrogens with one attached hydrogen (secondary N) is 2. The average Bonchev–Trinajstić information content (AvgIpc) is 2.68. The molecule has 1 aromatic carbocycles. The fourth-order valence-electron chi connectivity index (χ4n) is 3.30. The number of hydrogen-bond acceptors (Lipinski definition) is 5. The largest absolute Gasteiger partial charge is 0.497 e. The van der Waals surface area contributed by atoms with Crippen molar-refractivity contribution in [1.82, 2.24) is 9.88 Å². The van der Waals surface area contributed by atoms with Gasteiger partial charge in [0.1, 0.15) is 17.4 Å². The molecule has 0 radical (unpaired) electrons. The molecule has 1 aliphatic rings. The fourth-order valence-corrected chi connectivity index (χ4v) is 3.30. The first kappa shape index (κ1) is 18.5. The first-order chi connectivity index (χ1) is 13.0. The maximum Gasteiger partial charge on any atom is 0.266 e. The van der Waals surface area contributed by atoms with Gasteiger partial charge >= 0.3 is 0 Å². The van der Waals surface area contributed by atoms with Crippen LogP contribution in [-0.2, 0) is 0 Å². The summed E-state index contributed by atoms with van der Waals surface area (Å²) in [6, 6.07) is 11.0. The third-order valence-electron chi connectivity index (χ3n) is 4.76. The van der Waals surface area contributed by atoms with Crippen LogP contribution in [-0.4, -0.2) is 42.0 Å². The number of pyridine rings is 1. The molecule has 0 unspecified atom stereocenters. The molecule has 2 heterocycles. The number of hydrogen-bond donors (Lipinski definition) is 2. The molecule has 1 aliphatic heterocycles. The third kappa shape index (κ3) is 4.11. The number of rotatable bonds is 4. The Kier molecular flexibility index (Phi) is 5.46. The zero-order valence-corrected chi connectivity index (χ0v) is 15.4. The molecule has 0 spiro atoms. The summed E-state index contributed by atoms with van der Waals surface area (Å²) < 4.78 is 5.17. The summed E-state index contributed by atoms with van der Waals surface area (Å²) in [5, 5.41) is 12.5. The summed E-state index contributed by atoms with van der Waals surface area (Å²) in [5.41, 5.74) is 1.31. The van der Waals surface area contributed by atoms with Crippen LogP contribution < -0.4 is 15.6 Å². The molecular weight excluding hydrogens is 344 g/mol. The standard InChI is InChI=1S/C20H22N4O3/c1-13-18(10-14(11-21)19(25)22-13)20(26)24-9-3-4-16(12-24)23-15-5-7-17(27-2)8-6-15/h5-8,10,16,23H,3-4,9,12H2,1-2H3,(H,22,25)/t16-/m1/s1. The molecule has 1 fully saturated rings. The number of aromatic amines is 1. The number of carbonyl (C=O) groups excluding carboxylic acids is 1. The van der Waals surface area contributed by atoms with Crippen LogP contribution in [0.25, 0.3) is 0 Å². The van der Waals surface area contributed by atoms with Crippen LogP contribution in [0.2, 0.25) is 0 Å². The topological polar surface area (TPSA) is 98.2 Å². The van der Waals surface area contributed by atoms with E-state index in [-0.39, 0.29) is 17.5 Å². The first-order valence-electron chi connectivity index (χ1n) is 8.85. The van der Waals surface area contributed by atoms with Gasteiger partial charge in [-0.15, -0.1) is 0 Å². The van der Waals surface area contributed by atoms with Gasteiger partial charge in [-0.25, -0.2) is 0 Å². The van der Waals surface area contributed by atoms with Crippen molar-refractivity contribution in [2.24, 2.45) is 0 Å². The molecule has 1 saturated heterocycles. The molecule has 0 aliphatic carbocycles. The molecule has 2 N–H and O–H groups in total. The molecule has 2 aromatic rings. The van der Waals surface area contributed by atoms with E-state index in [0.29, 0.717) is 24.3 Å². The van der Waals surface area contributed by atoms with Crippen molar-refractivity contribution in [3.63, 3.8) is 0 Å². The van der Waals surface area contributed by atoms with Gasteiger partial charge in [-0.2, -0.15) is 5.26 Å². The Morgan fingerprint density at radius 2 is 2.11 bits per heavy atom. The molecule has 0 bridgehead atoms. The van der Waals surface area contributed by atoms with E-state index in [1.54, 1.807) is 18.9 Å². The molecule has 1 amide bonds. The minimum Gasteiger partial charge on any atom is -0.497 e. The molecule has 3 rings (SSSR count). The van der Waals surface area contributed by atoms with Crippen LogP contribution in [0.15, 0.2) is 35.1 Å². The number of carbonyl (C=O) groups is 1. The first-order valence-corrected chi connectivity index (χ1v) is 8.85. The van der Waals surface area contributed by atoms with Gasteiger partial charge in [0.2, 0.25) is 0 Å². The molecular formula is C20H22N4O3. The van der Waals surface area contributed by atoms with Crippen LogP contribution in [0.3, 0.4) is 0 Å². The summed E-state index contributed by atoms with van der Waals surface area (Å²) >= 11 is 0. The number of methoxy groups -OCH3 is 1. The number of aromatic nitrogens is 1. The van der Waals surface area contributed by atoms with Crippen LogP contribution in [0, 0.1) is 18.3 Å². The smallest absolute Gasteiger partial charge is 0.266 e. The van der Waals surface area contributed by atoms with Gasteiger partial charge in [-0.05, 0) is 50.1 Å². The van der Waals surface area contributed by atoms with Crippen molar-refractivity contribution in [1.29, 1.82) is 5.26 Å². The number of H-pyrrole nitrogens is 1. The van der Waals surface area contributed by atoms with Crippen molar-refractivity contribution in [3.05, 3.63) is 57.5 Å². The maximum atomic E-state index is 12.9. The Morgan fingerprint density at radius 3 is 2.78 bits per heavy atom. The average molecular weight is 366 g/mol. The minimum absolute atomic E-state index is 0.0473. The summed E-state index contributed by atoms with van der Waals surface area (Å²) in [6.07, 6.45) is 1.84. The van der Waals surface area contributed by atoms with E-state index in [2.05, 4.69) is 10.3 Å². The molecule has 7 nitrogen and oxygen atoms in total. The number of nitrogens with zero attached hydrogens (tertiary/aromatic N) is 2. The SMILES string of the molecule is COc1ccc(N[C@@H]2CCCN(C(=O)c3cc(C#N)c(=O)[nH]c3C)C2)cc1. The van der Waals surface area contributed by atoms with E-state index in [0.717, 1.165) is 24.3 Å². The van der Waals surface area contributed by atoms with E-state index in [1.807, 2.05) is 30.3 Å². The molecule has 7 heteroatoms. The Morgan fingerprint density at radius 1 is 1.37 bits per heavy atom. The predicted molar refractivity (Wildman–Crippen MR) is 102 cm³/mol. The zero-order chi connectivity index (χ0) is 19.4. The van der Waals surface area contributed by atoms with Crippen LogP contribution in [0.5, 0.6) is 5.75 Å². The van der Waals surface area contributed by atoms with Gasteiger partial charge < -0.3 is 19.9 Å². The van der Waals surface area contributed by atoms with Crippen molar-refractivity contribution in [2.45, 2.75) is 25.8 Å². The van der Waals surface area contributed by atoms with Crippen LogP contribution in [0.1, 0.15) is 34.5 Å². The summed E-state index contributed by atoms with van der Waals surface area (Å²) in [6.45, 7) is 2.89. The van der Waals surface area contributed by atoms with Crippen molar-refractivity contribution < 1.29 is 9.53 Å². The highest BCUT2D eigenvalue weighted by molar-refractivity contribution is 5.95. The maximum absolute atomic E-state index is 12.9. The second-order valence-electron chi connectivity index (χ2n) is 6.63. The van der Waals surface area contributed by atoms with Gasteiger partial charge in [0, 0.05) is 30.5 Å². The van der Waals surface area contributed by atoms with E-state index in [4.69, 9.17) is 10.00 Å². The normalized spacial score (nSPS) is 16.5. The lowest BCUT2D eigenvalue weighted by Crippen LogP contribution is -2.45. The van der Waals surface area contributed by atoms with Gasteiger partial charge in [-0.3, -0.25) is 9.59 Å². The van der Waals surface area contributed by atoms with Gasteiger partial charge in [0.05, 0.1) is 12.7 Å². The summed E-state index contributed by atoms with van der Waals surface area (Å²) in [5.74, 6) is 0.629. The number of anilines is 1. The summed E-state index contributed by atoms with van der Waals surface area (Å²) in [7, 11) is 1.63. The Bertz CT molecular complexity index is 928. The quantitative estimate of drug-likeness (QED) is 0.865. The van der Waals surface area contributed by atoms with Gasteiger partial charge in [0.15, 0.2) is 0 Å². The number of amides is 1. The number of nitriles is 1. The number of likely N-dealkylation sites (tertiary alicyclic amines) is 1. The van der Waals surface area contributed by atoms with Crippen LogP contribution >= 0.6 is 0 Å². The second-order valence-corrected chi connectivity index (χ2v) is 6.63. The highest BCUT2D eigenvalue weighted by Gasteiger charge is 2.26. The van der Waals surface area contributed by atoms with Crippen molar-refractivity contribution in [2.75, 3.05) is 25.5 Å². The van der Waals surface area contributed by atoms with Gasteiger partial charge in [-0.1, -0.05) is 0 Å². The minimum atomic E-state index is -0.468. The number of piperidine rings is 1. The Balaban J connectivity index is 1.73. The van der Waals surface area contributed by atoms with E-state index in [9.17, 15) is 9.59 Å². The van der Waals surface area contributed by atoms with Crippen molar-refractivity contribution in [3.8, 4) is 11.8 Å². The van der Waals surface area contributed by atoms with E-state index < -0.39 is 5.56 Å². The van der Waals surface area contributed by atoms with E-state index in [1.165, 1.54) is 6.07 Å². The fraction of sp³-hybridized carbons (Fsp3) is 0.350. The Hall–Kier alpha value is -3.27. The highest BCUT2D eigenvalue weighted by atomic mass is 16.5. The second kappa shape index (κ2) is 7.96. The molecule has 1 atom stereocenters. The third-order valence-corrected chi connectivity index (χ3v) is 4.76. The summed E-state index contributed by atoms with van der Waals surface area (Å²) in [4.78, 5) is 29.0. The molecule has 1 aromatic heterocycles. The lowest BCUT2D eigenvalue weighted by atomic mass is 10.0. The van der Waals surface area contributed by atoms with Crippen molar-refractivity contribution >= 4 is 11.6 Å². The lowest BCUT2D eigenvalue weighted by molar-refractivity contribution is 0.0713. The van der Waals surface area contributed by atoms with Crippen LogP contribution in [0.4, 0.5) is 5.69 Å².